The minimum absolute atomic E-state index is 0.0109. The number of rotatable bonds is 3. The normalized spacial score (nSPS) is 13.3. The van der Waals surface area contributed by atoms with Crippen LogP contribution in [0.4, 0.5) is 0 Å². The van der Waals surface area contributed by atoms with E-state index in [2.05, 4.69) is 30.0 Å². The van der Waals surface area contributed by atoms with Crippen LogP contribution in [0.15, 0.2) is 6.07 Å². The second-order valence-corrected chi connectivity index (χ2v) is 3.31. The summed E-state index contributed by atoms with van der Waals surface area (Å²) in [6.07, 6.45) is 2.84. The molecule has 0 saturated carbocycles. The van der Waals surface area contributed by atoms with Gasteiger partial charge in [-0.1, -0.05) is 13.8 Å². The molecule has 0 N–H and O–H groups in total. The first-order chi connectivity index (χ1) is 6.15. The van der Waals surface area contributed by atoms with Gasteiger partial charge in [0.1, 0.15) is 5.82 Å². The van der Waals surface area contributed by atoms with Crippen molar-refractivity contribution in [3.63, 3.8) is 0 Å². The molecular weight excluding hydrogens is 164 g/mol. The number of hydrogen-bond donors (Lipinski definition) is 0. The Morgan fingerprint density at radius 3 is 2.62 bits per heavy atom. The quantitative estimate of drug-likeness (QED) is 0.712. The molecule has 0 aromatic carbocycles. The Balaban J connectivity index is 2.91. The highest BCUT2D eigenvalue weighted by atomic mass is 16.5. The topological polar surface area (TPSA) is 35.0 Å². The molecule has 3 nitrogen and oxygen atoms in total. The average molecular weight is 179 g/mol. The highest BCUT2D eigenvalue weighted by Crippen LogP contribution is 2.14. The zero-order valence-electron chi connectivity index (χ0n) is 8.53. The largest absolute Gasteiger partial charge is 0.375 e. The third-order valence-corrected chi connectivity index (χ3v) is 1.92. The maximum Gasteiger partial charge on any atom is 0.131 e. The first-order valence-electron chi connectivity index (χ1n) is 4.43. The second kappa shape index (κ2) is 4.33. The van der Waals surface area contributed by atoms with Crippen LogP contribution in [0.5, 0.6) is 0 Å². The van der Waals surface area contributed by atoms with Gasteiger partial charge in [0.05, 0.1) is 18.0 Å². The molecule has 0 amide bonds. The summed E-state index contributed by atoms with van der Waals surface area (Å²) in [5.41, 5.74) is 0.890. The molecule has 0 spiro atoms. The lowest BCUT2D eigenvalue weighted by atomic mass is 10.2. The van der Waals surface area contributed by atoms with Crippen molar-refractivity contribution in [2.24, 2.45) is 0 Å². The number of methoxy groups -OCH3 is 1. The lowest BCUT2D eigenvalue weighted by Crippen LogP contribution is -2.04. The van der Waals surface area contributed by atoms with E-state index in [1.165, 1.54) is 0 Å². The van der Waals surface area contributed by atoms with Gasteiger partial charge >= 0.3 is 0 Å². The van der Waals surface area contributed by atoms with Crippen molar-refractivity contribution in [2.75, 3.05) is 7.11 Å². The van der Waals surface area contributed by atoms with Crippen LogP contribution in [0.1, 0.15) is 44.3 Å². The highest BCUT2D eigenvalue weighted by molar-refractivity contribution is 5.06. The predicted octanol–water partition coefficient (Wildman–Crippen LogP) is 2.11. The van der Waals surface area contributed by atoms with E-state index in [-0.39, 0.29) is 6.10 Å². The van der Waals surface area contributed by atoms with Gasteiger partial charge in [0.15, 0.2) is 0 Å². The maximum absolute atomic E-state index is 5.16. The number of hydrogen-bond acceptors (Lipinski definition) is 3. The Hall–Kier alpha value is -0.960. The Labute approximate surface area is 79.2 Å². The SMILES string of the molecule is COC(C)c1c[c]nc(C(C)C)n1. The van der Waals surface area contributed by atoms with E-state index in [1.807, 2.05) is 6.92 Å². The van der Waals surface area contributed by atoms with Crippen LogP contribution < -0.4 is 0 Å². The van der Waals surface area contributed by atoms with Crippen LogP contribution in [-0.2, 0) is 4.74 Å². The Morgan fingerprint density at radius 2 is 2.08 bits per heavy atom. The molecule has 1 aromatic rings. The van der Waals surface area contributed by atoms with Crippen LogP contribution >= 0.6 is 0 Å². The fraction of sp³-hybridized carbons (Fsp3) is 0.600. The summed E-state index contributed by atoms with van der Waals surface area (Å²) in [5, 5.41) is 0. The molecule has 0 saturated heterocycles. The third-order valence-electron chi connectivity index (χ3n) is 1.92. The lowest BCUT2D eigenvalue weighted by Gasteiger charge is -2.10. The predicted molar refractivity (Wildman–Crippen MR) is 50.4 cm³/mol. The Kier molecular flexibility index (Phi) is 3.37. The van der Waals surface area contributed by atoms with Gasteiger partial charge in [-0.2, -0.15) is 0 Å². The lowest BCUT2D eigenvalue weighted by molar-refractivity contribution is 0.115. The third kappa shape index (κ3) is 2.49. The van der Waals surface area contributed by atoms with Gasteiger partial charge < -0.3 is 4.74 Å². The molecule has 0 aliphatic carbocycles. The van der Waals surface area contributed by atoms with Crippen molar-refractivity contribution in [1.29, 1.82) is 0 Å². The molecule has 1 radical (unpaired) electrons. The van der Waals surface area contributed by atoms with E-state index in [1.54, 1.807) is 13.2 Å². The molecule has 0 aliphatic heterocycles. The van der Waals surface area contributed by atoms with Crippen LogP contribution in [0, 0.1) is 6.20 Å². The van der Waals surface area contributed by atoms with E-state index >= 15 is 0 Å². The van der Waals surface area contributed by atoms with Gasteiger partial charge in [-0.25, -0.2) is 9.97 Å². The minimum Gasteiger partial charge on any atom is -0.375 e. The van der Waals surface area contributed by atoms with Crippen molar-refractivity contribution >= 4 is 0 Å². The first-order valence-corrected chi connectivity index (χ1v) is 4.43. The van der Waals surface area contributed by atoms with Gasteiger partial charge in [-0.15, -0.1) is 0 Å². The molecule has 3 heteroatoms. The summed E-state index contributed by atoms with van der Waals surface area (Å²) in [4.78, 5) is 8.44. The molecule has 13 heavy (non-hydrogen) atoms. The first kappa shape index (κ1) is 10.1. The molecule has 1 atom stereocenters. The van der Waals surface area contributed by atoms with Crippen molar-refractivity contribution in [1.82, 2.24) is 9.97 Å². The van der Waals surface area contributed by atoms with Crippen molar-refractivity contribution in [3.05, 3.63) is 23.8 Å². The van der Waals surface area contributed by atoms with Crippen LogP contribution in [0.2, 0.25) is 0 Å². The minimum atomic E-state index is 0.0109. The van der Waals surface area contributed by atoms with E-state index in [0.717, 1.165) is 11.5 Å². The maximum atomic E-state index is 5.16. The fourth-order valence-electron chi connectivity index (χ4n) is 0.941. The zero-order chi connectivity index (χ0) is 9.84. The molecule has 0 fully saturated rings. The monoisotopic (exact) mass is 179 g/mol. The number of ether oxygens (including phenoxy) is 1. The molecule has 1 rings (SSSR count). The highest BCUT2D eigenvalue weighted by Gasteiger charge is 2.08. The van der Waals surface area contributed by atoms with Crippen LogP contribution in [-0.4, -0.2) is 17.1 Å². The summed E-state index contributed by atoms with van der Waals surface area (Å²) >= 11 is 0. The summed E-state index contributed by atoms with van der Waals surface area (Å²) in [5.74, 6) is 1.15. The summed E-state index contributed by atoms with van der Waals surface area (Å²) in [6, 6.07) is 1.76. The van der Waals surface area contributed by atoms with Crippen LogP contribution in [0.3, 0.4) is 0 Å². The van der Waals surface area contributed by atoms with Crippen LogP contribution in [0.25, 0.3) is 0 Å². The Morgan fingerprint density at radius 1 is 1.38 bits per heavy atom. The van der Waals surface area contributed by atoms with Crippen molar-refractivity contribution < 1.29 is 4.74 Å². The van der Waals surface area contributed by atoms with E-state index in [9.17, 15) is 0 Å². The van der Waals surface area contributed by atoms with Crippen molar-refractivity contribution in [3.8, 4) is 0 Å². The summed E-state index contributed by atoms with van der Waals surface area (Å²) in [7, 11) is 1.67. The molecule has 0 bridgehead atoms. The number of aromatic nitrogens is 2. The summed E-state index contributed by atoms with van der Waals surface area (Å²) in [6.45, 7) is 6.08. The van der Waals surface area contributed by atoms with Gasteiger partial charge in [0.2, 0.25) is 0 Å². The molecule has 1 aromatic heterocycles. The Bertz CT molecular complexity index is 273. The zero-order valence-corrected chi connectivity index (χ0v) is 8.53. The van der Waals surface area contributed by atoms with Gasteiger partial charge in [0, 0.05) is 13.0 Å². The molecule has 71 valence electrons. The van der Waals surface area contributed by atoms with E-state index in [4.69, 9.17) is 4.74 Å². The smallest absolute Gasteiger partial charge is 0.131 e. The average Bonchev–Trinajstić information content (AvgIpc) is 2.17. The molecule has 1 heterocycles. The molecular formula is C10H15N2O. The van der Waals surface area contributed by atoms with Gasteiger partial charge in [-0.3, -0.25) is 0 Å². The number of nitrogens with zero attached hydrogens (tertiary/aromatic N) is 2. The standard InChI is InChI=1S/C10H15N2O/c1-7(2)10-11-6-5-9(12-10)8(3)13-4/h5,7-8H,1-4H3. The van der Waals surface area contributed by atoms with Gasteiger partial charge in [-0.05, 0) is 13.0 Å². The van der Waals surface area contributed by atoms with E-state index < -0.39 is 0 Å². The van der Waals surface area contributed by atoms with Gasteiger partial charge in [0.25, 0.3) is 0 Å². The van der Waals surface area contributed by atoms with E-state index in [0.29, 0.717) is 5.92 Å². The second-order valence-electron chi connectivity index (χ2n) is 3.31. The molecule has 1 unspecified atom stereocenters. The molecule has 0 aliphatic rings. The van der Waals surface area contributed by atoms with Crippen molar-refractivity contribution in [2.45, 2.75) is 32.8 Å². The fourth-order valence-corrected chi connectivity index (χ4v) is 0.941. The summed E-state index contributed by atoms with van der Waals surface area (Å²) < 4.78 is 5.16.